The zero-order valence-electron chi connectivity index (χ0n) is 19.5. The van der Waals surface area contributed by atoms with Crippen LogP contribution in [0.25, 0.3) is 0 Å². The molecule has 0 bridgehead atoms. The van der Waals surface area contributed by atoms with Gasteiger partial charge in [-0.3, -0.25) is 0 Å². The highest BCUT2D eigenvalue weighted by atomic mass is 31.1. The maximum absolute atomic E-state index is 6.45. The van der Waals surface area contributed by atoms with Crippen molar-refractivity contribution in [2.45, 2.75) is 77.3 Å². The Kier molecular flexibility index (Phi) is 7.06. The molecule has 2 aromatic rings. The Labute approximate surface area is 190 Å². The minimum absolute atomic E-state index is 0.197. The van der Waals surface area contributed by atoms with Gasteiger partial charge in [0.25, 0.3) is 0 Å². The molecule has 4 rings (SSSR count). The molecule has 2 nitrogen and oxygen atoms in total. The summed E-state index contributed by atoms with van der Waals surface area (Å²) in [5.74, 6) is 0.670. The van der Waals surface area contributed by atoms with Gasteiger partial charge < -0.3 is 9.31 Å². The van der Waals surface area contributed by atoms with Crippen LogP contribution in [0.15, 0.2) is 72.1 Å². The van der Waals surface area contributed by atoms with Gasteiger partial charge in [0.05, 0.1) is 11.2 Å². The van der Waals surface area contributed by atoms with E-state index in [0.29, 0.717) is 5.92 Å². The van der Waals surface area contributed by atoms with Gasteiger partial charge in [-0.25, -0.2) is 0 Å². The Morgan fingerprint density at radius 2 is 1.32 bits per heavy atom. The monoisotopic (exact) mass is 434 g/mol. The molecule has 2 aromatic carbocycles. The maximum Gasteiger partial charge on any atom is 0.462 e. The summed E-state index contributed by atoms with van der Waals surface area (Å²) in [6.07, 6.45) is 10.1. The Morgan fingerprint density at radius 3 is 1.81 bits per heavy atom. The van der Waals surface area contributed by atoms with Crippen LogP contribution in [0.5, 0.6) is 0 Å². The lowest BCUT2D eigenvalue weighted by Gasteiger charge is -2.32. The Hall–Kier alpha value is -1.41. The fourth-order valence-corrected chi connectivity index (χ4v) is 7.25. The predicted octanol–water partition coefficient (Wildman–Crippen LogP) is 6.68. The lowest BCUT2D eigenvalue weighted by atomic mass is 9.82. The fraction of sp³-hybridized carbons (Fsp3) is 0.481. The van der Waals surface area contributed by atoms with E-state index in [1.54, 1.807) is 0 Å². The van der Waals surface area contributed by atoms with E-state index in [1.165, 1.54) is 48.0 Å². The van der Waals surface area contributed by atoms with Crippen LogP contribution in [0.2, 0.25) is 6.32 Å². The average Bonchev–Trinajstić information content (AvgIpc) is 2.96. The molecule has 0 radical (unpaired) electrons. The van der Waals surface area contributed by atoms with E-state index in [-0.39, 0.29) is 18.3 Å². The molecule has 0 aromatic heterocycles. The van der Waals surface area contributed by atoms with Crippen molar-refractivity contribution < 1.29 is 9.31 Å². The normalized spacial score (nSPS) is 21.6. The Balaban J connectivity index is 1.72. The molecule has 1 heterocycles. The number of allylic oxidation sites excluding steroid dienone is 2. The summed E-state index contributed by atoms with van der Waals surface area (Å²) in [5.41, 5.74) is -0.592. The highest BCUT2D eigenvalue weighted by Crippen LogP contribution is 2.49. The molecule has 0 spiro atoms. The highest BCUT2D eigenvalue weighted by molar-refractivity contribution is 7.76. The van der Waals surface area contributed by atoms with E-state index in [0.717, 1.165) is 6.32 Å². The standard InChI is InChI=1S/C27H36BO2P/c1-26(2)27(3,4)30-28(29-26)21-25(20-22-14-8-5-9-15-22)31(23-16-10-6-11-17-23)24-18-12-7-13-19-24/h6-7,10-13,16-20,22H,5,8-9,14-15,21H2,1-4H3/b25-20+. The van der Waals surface area contributed by atoms with Crippen LogP contribution in [-0.4, -0.2) is 18.3 Å². The van der Waals surface area contributed by atoms with Crippen molar-refractivity contribution in [3.05, 3.63) is 72.1 Å². The second kappa shape index (κ2) is 9.61. The molecular weight excluding hydrogens is 398 g/mol. The third-order valence-electron chi connectivity index (χ3n) is 7.07. The number of rotatable bonds is 6. The summed E-state index contributed by atoms with van der Waals surface area (Å²) >= 11 is 0. The van der Waals surface area contributed by atoms with Crippen molar-refractivity contribution in [2.24, 2.45) is 5.92 Å². The van der Waals surface area contributed by atoms with Gasteiger partial charge in [0.2, 0.25) is 0 Å². The molecule has 0 amide bonds. The zero-order chi connectivity index (χ0) is 21.9. The van der Waals surface area contributed by atoms with Gasteiger partial charge in [-0.05, 0) is 70.3 Å². The first kappa shape index (κ1) is 22.8. The van der Waals surface area contributed by atoms with Gasteiger partial charge in [-0.2, -0.15) is 0 Å². The summed E-state index contributed by atoms with van der Waals surface area (Å²) in [6, 6.07) is 22.1. The molecule has 1 aliphatic heterocycles. The summed E-state index contributed by atoms with van der Waals surface area (Å²) in [6.45, 7) is 8.59. The van der Waals surface area contributed by atoms with Gasteiger partial charge >= 0.3 is 7.12 Å². The molecule has 0 N–H and O–H groups in total. The van der Waals surface area contributed by atoms with Crippen LogP contribution >= 0.6 is 7.92 Å². The van der Waals surface area contributed by atoms with Crippen LogP contribution < -0.4 is 10.6 Å². The average molecular weight is 434 g/mol. The van der Waals surface area contributed by atoms with Crippen molar-refractivity contribution in [2.75, 3.05) is 0 Å². The van der Waals surface area contributed by atoms with Crippen molar-refractivity contribution in [3.8, 4) is 0 Å². The van der Waals surface area contributed by atoms with Crippen LogP contribution in [0.3, 0.4) is 0 Å². The molecule has 1 aliphatic carbocycles. The lowest BCUT2D eigenvalue weighted by molar-refractivity contribution is 0.00578. The smallest absolute Gasteiger partial charge is 0.403 e. The van der Waals surface area contributed by atoms with Crippen LogP contribution in [-0.2, 0) is 9.31 Å². The number of hydrogen-bond acceptors (Lipinski definition) is 2. The van der Waals surface area contributed by atoms with Crippen molar-refractivity contribution >= 4 is 25.6 Å². The second-order valence-electron chi connectivity index (χ2n) is 9.95. The van der Waals surface area contributed by atoms with E-state index >= 15 is 0 Å². The molecule has 164 valence electrons. The SMILES string of the molecule is CC1(C)OB(C/C(=C\C2CCCCC2)P(c2ccccc2)c2ccccc2)OC1(C)C. The minimum atomic E-state index is -0.616. The van der Waals surface area contributed by atoms with Gasteiger partial charge in [0.15, 0.2) is 0 Å². The van der Waals surface area contributed by atoms with Crippen molar-refractivity contribution in [1.82, 2.24) is 0 Å². The molecular formula is C27H36BO2P. The van der Waals surface area contributed by atoms with Crippen molar-refractivity contribution in [1.29, 1.82) is 0 Å². The molecule has 4 heteroatoms. The second-order valence-corrected chi connectivity index (χ2v) is 12.2. The summed E-state index contributed by atoms with van der Waals surface area (Å²) < 4.78 is 12.9. The summed E-state index contributed by atoms with van der Waals surface area (Å²) in [4.78, 5) is 0. The molecule has 31 heavy (non-hydrogen) atoms. The van der Waals surface area contributed by atoms with Crippen LogP contribution in [0.1, 0.15) is 59.8 Å². The molecule has 2 aliphatic rings. The van der Waals surface area contributed by atoms with Crippen LogP contribution in [0, 0.1) is 5.92 Å². The summed E-state index contributed by atoms with van der Waals surface area (Å²) in [7, 11) is -0.813. The van der Waals surface area contributed by atoms with Crippen LogP contribution in [0.4, 0.5) is 0 Å². The predicted molar refractivity (Wildman–Crippen MR) is 135 cm³/mol. The van der Waals surface area contributed by atoms with E-state index in [1.807, 2.05) is 0 Å². The zero-order valence-corrected chi connectivity index (χ0v) is 20.4. The first-order chi connectivity index (χ1) is 14.9. The van der Waals surface area contributed by atoms with Gasteiger partial charge in [0.1, 0.15) is 0 Å². The topological polar surface area (TPSA) is 18.5 Å². The molecule has 1 saturated heterocycles. The minimum Gasteiger partial charge on any atom is -0.403 e. The third kappa shape index (κ3) is 5.33. The first-order valence-electron chi connectivity index (χ1n) is 11.8. The highest BCUT2D eigenvalue weighted by Gasteiger charge is 2.51. The fourth-order valence-electron chi connectivity index (χ4n) is 4.66. The van der Waals surface area contributed by atoms with Gasteiger partial charge in [-0.1, -0.05) is 86.0 Å². The molecule has 0 atom stereocenters. The molecule has 2 fully saturated rings. The third-order valence-corrected chi connectivity index (χ3v) is 9.61. The van der Waals surface area contributed by atoms with Gasteiger partial charge in [0, 0.05) is 6.32 Å². The number of benzene rings is 2. The van der Waals surface area contributed by atoms with E-state index in [2.05, 4.69) is 94.4 Å². The first-order valence-corrected chi connectivity index (χ1v) is 13.2. The quantitative estimate of drug-likeness (QED) is 0.373. The van der Waals surface area contributed by atoms with Gasteiger partial charge in [-0.15, -0.1) is 0 Å². The van der Waals surface area contributed by atoms with E-state index in [9.17, 15) is 0 Å². The number of hydrogen-bond donors (Lipinski definition) is 0. The van der Waals surface area contributed by atoms with E-state index < -0.39 is 7.92 Å². The Morgan fingerprint density at radius 1 is 0.839 bits per heavy atom. The molecule has 1 saturated carbocycles. The lowest BCUT2D eigenvalue weighted by Crippen LogP contribution is -2.41. The van der Waals surface area contributed by atoms with Crippen molar-refractivity contribution in [3.63, 3.8) is 0 Å². The largest absolute Gasteiger partial charge is 0.462 e. The van der Waals surface area contributed by atoms with E-state index in [4.69, 9.17) is 9.31 Å². The molecule has 0 unspecified atom stereocenters. The summed E-state index contributed by atoms with van der Waals surface area (Å²) in [5, 5.41) is 4.31. The Bertz CT molecular complexity index is 817. The maximum atomic E-state index is 6.45.